The Morgan fingerprint density at radius 1 is 1.48 bits per heavy atom. The fraction of sp³-hybridized carbons (Fsp3) is 0.500. The average molecular weight is 358 g/mol. The predicted octanol–water partition coefficient (Wildman–Crippen LogP) is 3.31. The smallest absolute Gasteiger partial charge is 0.271 e. The third-order valence-electron chi connectivity index (χ3n) is 2.93. The highest BCUT2D eigenvalue weighted by Gasteiger charge is 2.24. The van der Waals surface area contributed by atoms with Crippen molar-refractivity contribution in [2.75, 3.05) is 11.9 Å². The summed E-state index contributed by atoms with van der Waals surface area (Å²) in [6.07, 6.45) is 0.641. The highest BCUT2D eigenvalue weighted by Crippen LogP contribution is 2.29. The van der Waals surface area contributed by atoms with E-state index in [0.717, 1.165) is 0 Å². The van der Waals surface area contributed by atoms with Crippen LogP contribution in [0.25, 0.3) is 0 Å². The van der Waals surface area contributed by atoms with E-state index >= 15 is 0 Å². The number of nitrogens with two attached hydrogens (primary N) is 1. The number of carbonyl (C=O) groups excluding carboxylic acids is 1. The van der Waals surface area contributed by atoms with Gasteiger partial charge in [0.1, 0.15) is 0 Å². The van der Waals surface area contributed by atoms with Crippen LogP contribution in [0, 0.1) is 21.4 Å². The molecule has 0 aliphatic carbocycles. The minimum absolute atomic E-state index is 0.0265. The molecule has 1 amide bonds. The van der Waals surface area contributed by atoms with E-state index in [1.807, 2.05) is 20.8 Å². The molecule has 0 heterocycles. The first-order chi connectivity index (χ1) is 9.64. The molecular formula is C14H20BrN3O3. The van der Waals surface area contributed by atoms with Crippen LogP contribution in [0.2, 0.25) is 0 Å². The van der Waals surface area contributed by atoms with Gasteiger partial charge in [-0.3, -0.25) is 14.9 Å². The molecule has 0 aromatic heterocycles. The highest BCUT2D eigenvalue weighted by molar-refractivity contribution is 9.10. The summed E-state index contributed by atoms with van der Waals surface area (Å²) in [6.45, 7) is 6.33. The number of nitrogens with one attached hydrogen (secondary N) is 1. The molecule has 0 spiro atoms. The lowest BCUT2D eigenvalue weighted by atomic mass is 9.84. The predicted molar refractivity (Wildman–Crippen MR) is 86.0 cm³/mol. The van der Waals surface area contributed by atoms with E-state index < -0.39 is 4.92 Å². The first kappa shape index (κ1) is 17.6. The maximum absolute atomic E-state index is 12.3. The molecule has 1 rings (SSSR count). The van der Waals surface area contributed by atoms with E-state index in [0.29, 0.717) is 16.6 Å². The summed E-state index contributed by atoms with van der Waals surface area (Å²) < 4.78 is 0.591. The minimum Gasteiger partial charge on any atom is -0.330 e. The van der Waals surface area contributed by atoms with Crippen LogP contribution in [-0.4, -0.2) is 17.4 Å². The van der Waals surface area contributed by atoms with E-state index in [2.05, 4.69) is 21.2 Å². The molecule has 1 atom stereocenters. The van der Waals surface area contributed by atoms with Gasteiger partial charge in [0, 0.05) is 23.2 Å². The third kappa shape index (κ3) is 5.43. The molecule has 0 saturated heterocycles. The van der Waals surface area contributed by atoms with E-state index in [4.69, 9.17) is 5.73 Å². The molecule has 3 N–H and O–H groups in total. The van der Waals surface area contributed by atoms with Crippen LogP contribution < -0.4 is 11.1 Å². The number of benzene rings is 1. The van der Waals surface area contributed by atoms with Gasteiger partial charge < -0.3 is 11.1 Å². The Balaban J connectivity index is 2.91. The topological polar surface area (TPSA) is 98.3 Å². The van der Waals surface area contributed by atoms with Gasteiger partial charge >= 0.3 is 0 Å². The van der Waals surface area contributed by atoms with Crippen molar-refractivity contribution in [3.63, 3.8) is 0 Å². The van der Waals surface area contributed by atoms with Crippen molar-refractivity contribution in [3.8, 4) is 0 Å². The zero-order chi connectivity index (χ0) is 16.2. The largest absolute Gasteiger partial charge is 0.330 e. The molecule has 0 saturated carbocycles. The lowest BCUT2D eigenvalue weighted by Crippen LogP contribution is -2.32. The Labute approximate surface area is 132 Å². The molecule has 0 radical (unpaired) electrons. The number of hydrogen-bond donors (Lipinski definition) is 2. The molecule has 1 unspecified atom stereocenters. The second kappa shape index (κ2) is 7.00. The summed E-state index contributed by atoms with van der Waals surface area (Å²) in [5.74, 6) is -0.565. The van der Waals surface area contributed by atoms with E-state index in [1.165, 1.54) is 18.2 Å². The van der Waals surface area contributed by atoms with Crippen molar-refractivity contribution in [2.45, 2.75) is 27.2 Å². The second-order valence-corrected chi connectivity index (χ2v) is 6.96. The summed E-state index contributed by atoms with van der Waals surface area (Å²) in [6, 6.07) is 4.23. The van der Waals surface area contributed by atoms with Gasteiger partial charge in [-0.15, -0.1) is 0 Å². The molecule has 1 aromatic carbocycles. The minimum atomic E-state index is -0.502. The number of rotatable bonds is 5. The fourth-order valence-corrected chi connectivity index (χ4v) is 2.33. The Morgan fingerprint density at radius 2 is 2.10 bits per heavy atom. The van der Waals surface area contributed by atoms with Crippen LogP contribution >= 0.6 is 15.9 Å². The van der Waals surface area contributed by atoms with Gasteiger partial charge in [-0.25, -0.2) is 0 Å². The fourth-order valence-electron chi connectivity index (χ4n) is 1.98. The molecule has 0 bridgehead atoms. The van der Waals surface area contributed by atoms with Crippen LogP contribution in [0.5, 0.6) is 0 Å². The van der Waals surface area contributed by atoms with Crippen molar-refractivity contribution in [1.29, 1.82) is 0 Å². The summed E-state index contributed by atoms with van der Waals surface area (Å²) in [4.78, 5) is 22.6. The number of halogens is 1. The van der Waals surface area contributed by atoms with Crippen LogP contribution in [0.4, 0.5) is 11.4 Å². The molecule has 6 nitrogen and oxygen atoms in total. The van der Waals surface area contributed by atoms with Crippen molar-refractivity contribution >= 4 is 33.2 Å². The first-order valence-electron chi connectivity index (χ1n) is 6.59. The van der Waals surface area contributed by atoms with Gasteiger partial charge in [-0.1, -0.05) is 20.8 Å². The van der Waals surface area contributed by atoms with Crippen molar-refractivity contribution in [3.05, 3.63) is 32.8 Å². The molecule has 0 aliphatic heterocycles. The van der Waals surface area contributed by atoms with Crippen molar-refractivity contribution < 1.29 is 9.72 Å². The highest BCUT2D eigenvalue weighted by atomic mass is 79.9. The van der Waals surface area contributed by atoms with Crippen LogP contribution in [0.3, 0.4) is 0 Å². The number of amides is 1. The lowest BCUT2D eigenvalue weighted by molar-refractivity contribution is -0.384. The first-order valence-corrected chi connectivity index (χ1v) is 7.38. The van der Waals surface area contributed by atoms with E-state index in [9.17, 15) is 14.9 Å². The number of nitrogens with zero attached hydrogens (tertiary/aromatic N) is 1. The molecule has 0 fully saturated rings. The Hall–Kier alpha value is -1.47. The van der Waals surface area contributed by atoms with E-state index in [1.54, 1.807) is 0 Å². The van der Waals surface area contributed by atoms with Gasteiger partial charge in [0.2, 0.25) is 5.91 Å². The van der Waals surface area contributed by atoms with Crippen molar-refractivity contribution in [1.82, 2.24) is 0 Å². The van der Waals surface area contributed by atoms with Crippen LogP contribution in [0.1, 0.15) is 27.2 Å². The second-order valence-electron chi connectivity index (χ2n) is 6.11. The molecular weight excluding hydrogens is 338 g/mol. The molecule has 116 valence electrons. The Kier molecular flexibility index (Phi) is 5.86. The Bertz CT molecular complexity index is 541. The third-order valence-corrected chi connectivity index (χ3v) is 3.62. The summed E-state index contributed by atoms with van der Waals surface area (Å²) >= 11 is 3.27. The summed E-state index contributed by atoms with van der Waals surface area (Å²) in [5.41, 5.74) is 5.94. The van der Waals surface area contributed by atoms with Gasteiger partial charge in [0.05, 0.1) is 16.5 Å². The molecule has 1 aromatic rings. The monoisotopic (exact) mass is 357 g/mol. The Morgan fingerprint density at radius 3 is 2.57 bits per heavy atom. The summed E-state index contributed by atoms with van der Waals surface area (Å²) in [5, 5.41) is 13.5. The number of hydrogen-bond acceptors (Lipinski definition) is 4. The van der Waals surface area contributed by atoms with Crippen LogP contribution in [0.15, 0.2) is 22.7 Å². The number of carbonyl (C=O) groups is 1. The van der Waals surface area contributed by atoms with Gasteiger partial charge in [-0.2, -0.15) is 0 Å². The SMILES string of the molecule is CC(C)(C)CC(CN)C(=O)Nc1cc([N+](=O)[O-])ccc1Br. The maximum Gasteiger partial charge on any atom is 0.271 e. The van der Waals surface area contributed by atoms with Crippen molar-refractivity contribution in [2.24, 2.45) is 17.1 Å². The van der Waals surface area contributed by atoms with Crippen LogP contribution in [-0.2, 0) is 4.79 Å². The molecule has 7 heteroatoms. The van der Waals surface area contributed by atoms with Gasteiger partial charge in [0.15, 0.2) is 0 Å². The van der Waals surface area contributed by atoms with E-state index in [-0.39, 0.29) is 29.5 Å². The zero-order valence-corrected chi connectivity index (χ0v) is 13.9. The molecule has 21 heavy (non-hydrogen) atoms. The van der Waals surface area contributed by atoms with Gasteiger partial charge in [-0.05, 0) is 33.8 Å². The maximum atomic E-state index is 12.3. The van der Waals surface area contributed by atoms with Gasteiger partial charge in [0.25, 0.3) is 5.69 Å². The standard InChI is InChI=1S/C14H20BrN3O3/c1-14(2,3)7-9(8-16)13(19)17-12-6-10(18(20)21)4-5-11(12)15/h4-6,9H,7-8,16H2,1-3H3,(H,17,19). The zero-order valence-electron chi connectivity index (χ0n) is 12.4. The molecule has 0 aliphatic rings. The lowest BCUT2D eigenvalue weighted by Gasteiger charge is -2.24. The quantitative estimate of drug-likeness (QED) is 0.623. The normalized spacial score (nSPS) is 12.8. The number of anilines is 1. The average Bonchev–Trinajstić information content (AvgIpc) is 2.37. The number of nitro groups is 1. The number of non-ortho nitro benzene ring substituents is 1. The summed E-state index contributed by atoms with van der Waals surface area (Å²) in [7, 11) is 0. The number of nitro benzene ring substituents is 1.